The summed E-state index contributed by atoms with van der Waals surface area (Å²) in [6, 6.07) is -0.701. The van der Waals surface area contributed by atoms with Crippen molar-refractivity contribution in [3.63, 3.8) is 0 Å². The zero-order chi connectivity index (χ0) is 16.5. The van der Waals surface area contributed by atoms with Crippen LogP contribution in [0.1, 0.15) is 27.2 Å². The van der Waals surface area contributed by atoms with E-state index < -0.39 is 16.1 Å². The second-order valence-electron chi connectivity index (χ2n) is 5.80. The number of amides is 1. The van der Waals surface area contributed by atoms with E-state index in [0.29, 0.717) is 26.2 Å². The molecule has 1 fully saturated rings. The van der Waals surface area contributed by atoms with Gasteiger partial charge in [-0.25, -0.2) is 13.4 Å². The Hall–Kier alpha value is -1.41. The van der Waals surface area contributed by atoms with E-state index >= 15 is 0 Å². The van der Waals surface area contributed by atoms with Gasteiger partial charge in [0.1, 0.15) is 11.9 Å². The minimum Gasteiger partial charge on any atom is -0.356 e. The van der Waals surface area contributed by atoms with Gasteiger partial charge in [0.2, 0.25) is 15.9 Å². The minimum atomic E-state index is -3.41. The predicted octanol–water partition coefficient (Wildman–Crippen LogP) is 0.164. The number of carbonyl (C=O) groups excluding carboxylic acids is 1. The molecule has 0 spiro atoms. The van der Waals surface area contributed by atoms with Gasteiger partial charge in [-0.1, -0.05) is 0 Å². The molecule has 0 aromatic rings. The number of carbonyl (C=O) groups is 1. The zero-order valence-corrected chi connectivity index (χ0v) is 14.4. The normalized spacial score (nSPS) is 23.7. The summed E-state index contributed by atoms with van der Waals surface area (Å²) in [7, 11) is -3.41. The highest BCUT2D eigenvalue weighted by Crippen LogP contribution is 2.23. The van der Waals surface area contributed by atoms with Gasteiger partial charge in [0.25, 0.3) is 0 Å². The molecule has 2 rings (SSSR count). The molecule has 8 heteroatoms. The molecule has 2 heterocycles. The first-order valence-electron chi connectivity index (χ1n) is 7.47. The molecule has 124 valence electrons. The third-order valence-corrected chi connectivity index (χ3v) is 5.40. The molecule has 0 radical (unpaired) electrons. The van der Waals surface area contributed by atoms with E-state index in [4.69, 9.17) is 0 Å². The lowest BCUT2D eigenvalue weighted by molar-refractivity contribution is -0.125. The Kier molecular flexibility index (Phi) is 4.91. The van der Waals surface area contributed by atoms with Crippen molar-refractivity contribution >= 4 is 21.8 Å². The minimum absolute atomic E-state index is 0.252. The van der Waals surface area contributed by atoms with Gasteiger partial charge in [-0.05, 0) is 26.3 Å². The molecule has 1 N–H and O–H groups in total. The Bertz CT molecular complexity index is 624. The van der Waals surface area contributed by atoms with Crippen molar-refractivity contribution in [1.29, 1.82) is 0 Å². The predicted molar refractivity (Wildman–Crippen MR) is 86.0 cm³/mol. The Balaban J connectivity index is 2.18. The maximum absolute atomic E-state index is 12.3. The summed E-state index contributed by atoms with van der Waals surface area (Å²) in [5, 5.41) is 2.72. The average molecular weight is 328 g/mol. The van der Waals surface area contributed by atoms with Gasteiger partial charge in [0.05, 0.1) is 6.26 Å². The number of piperazine rings is 1. The number of allylic oxidation sites excluding steroid dienone is 1. The van der Waals surface area contributed by atoms with Crippen molar-refractivity contribution < 1.29 is 13.2 Å². The quantitative estimate of drug-likeness (QED) is 0.800. The lowest BCUT2D eigenvalue weighted by Crippen LogP contribution is -2.61. The van der Waals surface area contributed by atoms with Crippen molar-refractivity contribution in [3.8, 4) is 0 Å². The van der Waals surface area contributed by atoms with Crippen molar-refractivity contribution in [2.24, 2.45) is 4.99 Å². The summed E-state index contributed by atoms with van der Waals surface area (Å²) in [6.45, 7) is 7.52. The zero-order valence-electron chi connectivity index (χ0n) is 13.6. The molecule has 7 nitrogen and oxygen atoms in total. The standard InChI is InChI=1S/C14H24N4O3S/c1-5-15-14(19)12-9-17(6-7-18(12)22(4,20)21)13-8-10(2)11(3)16-13/h12H,5-9H2,1-4H3,(H,15,19). The monoisotopic (exact) mass is 328 g/mol. The molecule has 1 saturated heterocycles. The van der Waals surface area contributed by atoms with Crippen LogP contribution in [0.3, 0.4) is 0 Å². The van der Waals surface area contributed by atoms with Gasteiger partial charge in [-0.2, -0.15) is 4.31 Å². The summed E-state index contributed by atoms with van der Waals surface area (Å²) < 4.78 is 25.1. The lowest BCUT2D eigenvalue weighted by atomic mass is 10.1. The average Bonchev–Trinajstić information content (AvgIpc) is 2.77. The summed E-state index contributed by atoms with van der Waals surface area (Å²) in [6.07, 6.45) is 1.92. The van der Waals surface area contributed by atoms with Crippen molar-refractivity contribution in [3.05, 3.63) is 11.3 Å². The van der Waals surface area contributed by atoms with Gasteiger partial charge >= 0.3 is 0 Å². The molecular formula is C14H24N4O3S. The van der Waals surface area contributed by atoms with Gasteiger partial charge in [-0.3, -0.25) is 4.79 Å². The van der Waals surface area contributed by atoms with Gasteiger partial charge in [-0.15, -0.1) is 0 Å². The van der Waals surface area contributed by atoms with Crippen LogP contribution < -0.4 is 5.32 Å². The third-order valence-electron chi connectivity index (χ3n) is 4.11. The second kappa shape index (κ2) is 6.37. The number of hydrogen-bond acceptors (Lipinski definition) is 5. The van der Waals surface area contributed by atoms with Crippen molar-refractivity contribution in [1.82, 2.24) is 14.5 Å². The molecule has 1 unspecified atom stereocenters. The van der Waals surface area contributed by atoms with Gasteiger partial charge < -0.3 is 10.2 Å². The van der Waals surface area contributed by atoms with Gasteiger partial charge in [0.15, 0.2) is 0 Å². The Labute approximate surface area is 132 Å². The largest absolute Gasteiger partial charge is 0.356 e. The highest BCUT2D eigenvalue weighted by Gasteiger charge is 2.38. The highest BCUT2D eigenvalue weighted by atomic mass is 32.2. The lowest BCUT2D eigenvalue weighted by Gasteiger charge is -2.40. The molecule has 0 aromatic carbocycles. The van der Waals surface area contributed by atoms with E-state index in [1.807, 2.05) is 25.7 Å². The van der Waals surface area contributed by atoms with Crippen LogP contribution in [0.5, 0.6) is 0 Å². The van der Waals surface area contributed by atoms with Crippen molar-refractivity contribution in [2.45, 2.75) is 33.2 Å². The number of nitrogens with zero attached hydrogens (tertiary/aromatic N) is 3. The van der Waals surface area contributed by atoms with Crippen LogP contribution in [0.2, 0.25) is 0 Å². The first-order valence-corrected chi connectivity index (χ1v) is 9.32. The van der Waals surface area contributed by atoms with Crippen LogP contribution in [0.15, 0.2) is 16.3 Å². The van der Waals surface area contributed by atoms with Gasteiger partial charge in [0, 0.05) is 38.3 Å². The second-order valence-corrected chi connectivity index (χ2v) is 7.74. The molecule has 0 aromatic heterocycles. The first-order chi connectivity index (χ1) is 10.2. The Morgan fingerprint density at radius 3 is 2.55 bits per heavy atom. The Morgan fingerprint density at radius 2 is 2.05 bits per heavy atom. The van der Waals surface area contributed by atoms with Crippen LogP contribution in [0, 0.1) is 0 Å². The van der Waals surface area contributed by atoms with Crippen LogP contribution >= 0.6 is 0 Å². The molecule has 0 aliphatic carbocycles. The maximum atomic E-state index is 12.3. The number of sulfonamides is 1. The maximum Gasteiger partial charge on any atom is 0.240 e. The summed E-state index contributed by atoms with van der Waals surface area (Å²) >= 11 is 0. The molecule has 1 amide bonds. The first kappa shape index (κ1) is 17.0. The fourth-order valence-electron chi connectivity index (χ4n) is 2.78. The smallest absolute Gasteiger partial charge is 0.240 e. The molecule has 2 aliphatic rings. The van der Waals surface area contributed by atoms with E-state index in [1.54, 1.807) is 0 Å². The molecular weight excluding hydrogens is 304 g/mol. The summed E-state index contributed by atoms with van der Waals surface area (Å²) in [5.74, 6) is 0.676. The van der Waals surface area contributed by atoms with E-state index in [2.05, 4.69) is 10.3 Å². The van der Waals surface area contributed by atoms with Crippen molar-refractivity contribution in [2.75, 3.05) is 32.4 Å². The number of amidine groups is 1. The highest BCUT2D eigenvalue weighted by molar-refractivity contribution is 7.88. The summed E-state index contributed by atoms with van der Waals surface area (Å²) in [5.41, 5.74) is 2.23. The number of rotatable bonds is 3. The summed E-state index contributed by atoms with van der Waals surface area (Å²) in [4.78, 5) is 18.8. The molecule has 1 atom stereocenters. The molecule has 2 aliphatic heterocycles. The van der Waals surface area contributed by atoms with Crippen LogP contribution in [0.4, 0.5) is 0 Å². The van der Waals surface area contributed by atoms with Crippen LogP contribution in [-0.2, 0) is 14.8 Å². The molecule has 0 saturated carbocycles. The van der Waals surface area contributed by atoms with E-state index in [-0.39, 0.29) is 5.91 Å². The van der Waals surface area contributed by atoms with E-state index in [9.17, 15) is 13.2 Å². The fourth-order valence-corrected chi connectivity index (χ4v) is 3.82. The fraction of sp³-hybridized carbons (Fsp3) is 0.714. The molecule has 0 bridgehead atoms. The number of aliphatic imine (C=N–C) groups is 1. The Morgan fingerprint density at radius 1 is 1.36 bits per heavy atom. The SMILES string of the molecule is CCNC(=O)C1CN(C2=NC(C)=C(C)C2)CCN1S(C)(=O)=O. The number of nitrogens with one attached hydrogen (secondary N) is 1. The van der Waals surface area contributed by atoms with E-state index in [0.717, 1.165) is 24.2 Å². The topological polar surface area (TPSA) is 82.1 Å². The van der Waals surface area contributed by atoms with E-state index in [1.165, 1.54) is 9.88 Å². The van der Waals surface area contributed by atoms with Crippen LogP contribution in [0.25, 0.3) is 0 Å². The van der Waals surface area contributed by atoms with Crippen LogP contribution in [-0.4, -0.2) is 67.8 Å². The number of hydrogen-bond donors (Lipinski definition) is 1. The molecule has 22 heavy (non-hydrogen) atoms. The number of likely N-dealkylation sites (N-methyl/N-ethyl adjacent to an activating group) is 1. The third kappa shape index (κ3) is 3.49.